The van der Waals surface area contributed by atoms with Crippen LogP contribution in [0.15, 0.2) is 71.9 Å². The molecule has 0 unspecified atom stereocenters. The van der Waals surface area contributed by atoms with E-state index >= 15 is 0 Å². The maximum Gasteiger partial charge on any atom is 0.278 e. The van der Waals surface area contributed by atoms with E-state index in [0.29, 0.717) is 5.56 Å². The third-order valence-electron chi connectivity index (χ3n) is 5.16. The fourth-order valence-electron chi connectivity index (χ4n) is 3.77. The predicted octanol–water partition coefficient (Wildman–Crippen LogP) is 3.11. The van der Waals surface area contributed by atoms with Crippen molar-refractivity contribution in [1.29, 1.82) is 0 Å². The molecule has 2 heterocycles. The number of hydrogen-bond donors (Lipinski definition) is 0. The van der Waals surface area contributed by atoms with Gasteiger partial charge in [0.2, 0.25) is 17.8 Å². The largest absolute Gasteiger partial charge is 0.381 e. The lowest BCUT2D eigenvalue weighted by Gasteiger charge is -2.15. The van der Waals surface area contributed by atoms with Gasteiger partial charge >= 0.3 is 0 Å². The van der Waals surface area contributed by atoms with Crippen LogP contribution in [0.5, 0.6) is 0 Å². The molecule has 5 rings (SSSR count). The molecule has 0 aromatic heterocycles. The number of Topliss-reactive ketones (excluding diaryl/α,β-unsaturated/α-hetero) is 1. The number of ketones is 1. The van der Waals surface area contributed by atoms with Crippen LogP contribution in [0.25, 0.3) is 10.8 Å². The smallest absolute Gasteiger partial charge is 0.278 e. The molecule has 29 heavy (non-hydrogen) atoms. The molecule has 2 amide bonds. The highest BCUT2D eigenvalue weighted by atomic mass is 19.1. The van der Waals surface area contributed by atoms with Gasteiger partial charge < -0.3 is 4.84 Å². The highest BCUT2D eigenvalue weighted by Crippen LogP contribution is 2.34. The molecule has 0 saturated carbocycles. The first-order chi connectivity index (χ1) is 14.1. The molecule has 0 spiro atoms. The molecule has 0 N–H and O–H groups in total. The molecule has 1 saturated heterocycles. The monoisotopic (exact) mass is 388 g/mol. The van der Waals surface area contributed by atoms with Gasteiger partial charge in [0.1, 0.15) is 17.4 Å². The molecule has 7 heteroatoms. The van der Waals surface area contributed by atoms with Crippen LogP contribution in [0.3, 0.4) is 0 Å². The number of nitrogens with zero attached hydrogens (tertiary/aromatic N) is 2. The molecular formula is C22H13FN2O4. The second kappa shape index (κ2) is 6.34. The number of rotatable bonds is 3. The number of halogens is 1. The molecule has 142 valence electrons. The third-order valence-corrected chi connectivity index (χ3v) is 5.16. The maximum atomic E-state index is 13.2. The number of amides is 2. The lowest BCUT2D eigenvalue weighted by Crippen LogP contribution is -2.34. The summed E-state index contributed by atoms with van der Waals surface area (Å²) >= 11 is 0. The van der Waals surface area contributed by atoms with Crippen molar-refractivity contribution in [1.82, 2.24) is 0 Å². The Labute approximate surface area is 164 Å². The standard InChI is InChI=1S/C22H13FN2O4/c23-13-8-10-14(11-9-13)25-21(27)17-18(24-29-20(17)22(25)28)19(26)16-7-3-5-12-4-1-2-6-15(12)16/h1-11,17,20H/t17-,20+/m0/s1. The average molecular weight is 388 g/mol. The van der Waals surface area contributed by atoms with E-state index in [1.165, 1.54) is 12.1 Å². The van der Waals surface area contributed by atoms with E-state index in [9.17, 15) is 18.8 Å². The van der Waals surface area contributed by atoms with Crippen LogP contribution in [0.4, 0.5) is 10.1 Å². The van der Waals surface area contributed by atoms with E-state index in [4.69, 9.17) is 4.84 Å². The van der Waals surface area contributed by atoms with Crippen LogP contribution in [0, 0.1) is 11.7 Å². The number of fused-ring (bicyclic) bond motifs is 2. The van der Waals surface area contributed by atoms with Gasteiger partial charge in [0.25, 0.3) is 5.91 Å². The van der Waals surface area contributed by atoms with Crippen LogP contribution in [-0.4, -0.2) is 29.4 Å². The van der Waals surface area contributed by atoms with E-state index in [-0.39, 0.29) is 11.4 Å². The number of anilines is 1. The first-order valence-electron chi connectivity index (χ1n) is 8.96. The Morgan fingerprint density at radius 1 is 0.931 bits per heavy atom. The van der Waals surface area contributed by atoms with Crippen molar-refractivity contribution in [2.24, 2.45) is 11.1 Å². The summed E-state index contributed by atoms with van der Waals surface area (Å²) in [6.07, 6.45) is -1.19. The minimum Gasteiger partial charge on any atom is -0.381 e. The van der Waals surface area contributed by atoms with Crippen molar-refractivity contribution in [2.75, 3.05) is 4.90 Å². The van der Waals surface area contributed by atoms with Gasteiger partial charge in [-0.05, 0) is 35.0 Å². The molecule has 3 aromatic rings. The Morgan fingerprint density at radius 2 is 1.66 bits per heavy atom. The zero-order valence-corrected chi connectivity index (χ0v) is 14.9. The third kappa shape index (κ3) is 2.55. The van der Waals surface area contributed by atoms with Crippen molar-refractivity contribution >= 4 is 39.8 Å². The summed E-state index contributed by atoms with van der Waals surface area (Å²) in [5.74, 6) is -3.32. The minimum atomic E-state index is -1.19. The number of benzene rings is 3. The number of hydrogen-bond acceptors (Lipinski definition) is 5. The van der Waals surface area contributed by atoms with Gasteiger partial charge in [0, 0.05) is 5.56 Å². The Kier molecular flexibility index (Phi) is 3.77. The summed E-state index contributed by atoms with van der Waals surface area (Å²) in [4.78, 5) is 45.0. The zero-order chi connectivity index (χ0) is 20.1. The summed E-state index contributed by atoms with van der Waals surface area (Å²) < 4.78 is 13.2. The quantitative estimate of drug-likeness (QED) is 0.510. The molecule has 3 aromatic carbocycles. The molecule has 0 bridgehead atoms. The fraction of sp³-hybridized carbons (Fsp3) is 0.0909. The summed E-state index contributed by atoms with van der Waals surface area (Å²) in [5, 5.41) is 5.38. The summed E-state index contributed by atoms with van der Waals surface area (Å²) in [7, 11) is 0. The normalized spacial score (nSPS) is 20.6. The van der Waals surface area contributed by atoms with Crippen LogP contribution in [0.1, 0.15) is 10.4 Å². The predicted molar refractivity (Wildman–Crippen MR) is 103 cm³/mol. The van der Waals surface area contributed by atoms with Gasteiger partial charge in [-0.1, -0.05) is 47.6 Å². The van der Waals surface area contributed by atoms with Gasteiger partial charge in [-0.25, -0.2) is 9.29 Å². The Hall–Kier alpha value is -3.87. The van der Waals surface area contributed by atoms with Crippen molar-refractivity contribution < 1.29 is 23.6 Å². The Morgan fingerprint density at radius 3 is 2.45 bits per heavy atom. The average Bonchev–Trinajstić information content (AvgIpc) is 3.28. The van der Waals surface area contributed by atoms with Gasteiger partial charge in [-0.15, -0.1) is 0 Å². The van der Waals surface area contributed by atoms with E-state index in [1.54, 1.807) is 12.1 Å². The second-order valence-electron chi connectivity index (χ2n) is 6.82. The minimum absolute atomic E-state index is 0.102. The van der Waals surface area contributed by atoms with Crippen molar-refractivity contribution in [2.45, 2.75) is 6.10 Å². The van der Waals surface area contributed by atoms with Gasteiger partial charge in [-0.3, -0.25) is 14.4 Å². The first-order valence-corrected chi connectivity index (χ1v) is 8.96. The van der Waals surface area contributed by atoms with Gasteiger partial charge in [-0.2, -0.15) is 0 Å². The highest BCUT2D eigenvalue weighted by molar-refractivity contribution is 6.53. The maximum absolute atomic E-state index is 13.2. The van der Waals surface area contributed by atoms with E-state index < -0.39 is 35.4 Å². The number of carbonyl (C=O) groups is 3. The first kappa shape index (κ1) is 17.2. The Balaban J connectivity index is 1.52. The topological polar surface area (TPSA) is 76.0 Å². The van der Waals surface area contributed by atoms with Gasteiger partial charge in [0.05, 0.1) is 5.69 Å². The molecule has 1 fully saturated rings. The lowest BCUT2D eigenvalue weighted by atomic mass is 9.91. The SMILES string of the molecule is O=C(C1=NO[C@H]2C(=O)N(c3ccc(F)cc3)C(=O)[C@@H]12)c1cccc2ccccc12. The van der Waals surface area contributed by atoms with Crippen molar-refractivity contribution in [3.8, 4) is 0 Å². The van der Waals surface area contributed by atoms with Crippen LogP contribution >= 0.6 is 0 Å². The van der Waals surface area contributed by atoms with Crippen LogP contribution < -0.4 is 4.90 Å². The molecule has 2 aliphatic heterocycles. The Bertz CT molecular complexity index is 1210. The fourth-order valence-corrected chi connectivity index (χ4v) is 3.77. The van der Waals surface area contributed by atoms with Crippen LogP contribution in [0.2, 0.25) is 0 Å². The van der Waals surface area contributed by atoms with Crippen molar-refractivity contribution in [3.63, 3.8) is 0 Å². The van der Waals surface area contributed by atoms with Crippen LogP contribution in [-0.2, 0) is 14.4 Å². The molecule has 2 aliphatic rings. The number of oxime groups is 1. The van der Waals surface area contributed by atoms with E-state index in [0.717, 1.165) is 27.8 Å². The molecule has 2 atom stereocenters. The second-order valence-corrected chi connectivity index (χ2v) is 6.82. The molecule has 0 aliphatic carbocycles. The number of imide groups is 1. The van der Waals surface area contributed by atoms with Gasteiger partial charge in [0.15, 0.2) is 0 Å². The zero-order valence-electron chi connectivity index (χ0n) is 14.9. The summed E-state index contributed by atoms with van der Waals surface area (Å²) in [6, 6.07) is 17.6. The summed E-state index contributed by atoms with van der Waals surface area (Å²) in [5.41, 5.74) is 0.497. The number of carbonyl (C=O) groups excluding carboxylic acids is 3. The van der Waals surface area contributed by atoms with E-state index in [1.807, 2.05) is 30.3 Å². The molecule has 0 radical (unpaired) electrons. The molecule has 6 nitrogen and oxygen atoms in total. The van der Waals surface area contributed by atoms with E-state index in [2.05, 4.69) is 5.16 Å². The lowest BCUT2D eigenvalue weighted by molar-refractivity contribution is -0.126. The summed E-state index contributed by atoms with van der Waals surface area (Å²) in [6.45, 7) is 0. The molecular weight excluding hydrogens is 375 g/mol. The highest BCUT2D eigenvalue weighted by Gasteiger charge is 2.57. The van der Waals surface area contributed by atoms with Crippen molar-refractivity contribution in [3.05, 3.63) is 78.1 Å².